The van der Waals surface area contributed by atoms with Crippen LogP contribution < -0.4 is 5.11 Å². The topological polar surface area (TPSA) is 49.4 Å². The fourth-order valence-electron chi connectivity index (χ4n) is 1.34. The van der Waals surface area contributed by atoms with Crippen LogP contribution in [0.25, 0.3) is 0 Å². The number of hydrogen-bond acceptors (Lipinski definition) is 3. The van der Waals surface area contributed by atoms with Gasteiger partial charge in [-0.2, -0.15) is 26.3 Å². The summed E-state index contributed by atoms with van der Waals surface area (Å²) < 4.78 is 103. The van der Waals surface area contributed by atoms with Gasteiger partial charge in [-0.1, -0.05) is 0 Å². The Morgan fingerprint density at radius 1 is 0.955 bits per heavy atom. The van der Waals surface area contributed by atoms with E-state index in [-0.39, 0.29) is 0 Å². The highest BCUT2D eigenvalue weighted by molar-refractivity contribution is 5.81. The van der Waals surface area contributed by atoms with Crippen molar-refractivity contribution in [3.63, 3.8) is 0 Å². The van der Waals surface area contributed by atoms with Crippen molar-refractivity contribution in [3.05, 3.63) is 35.4 Å². The lowest BCUT2D eigenvalue weighted by molar-refractivity contribution is -0.574. The van der Waals surface area contributed by atoms with Crippen LogP contribution in [-0.2, 0) is 16.1 Å². The third-order valence-electron chi connectivity index (χ3n) is 2.38. The number of carbonyl (C=O) groups is 1. The smallest absolute Gasteiger partial charge is 0.399 e. The summed E-state index contributed by atoms with van der Waals surface area (Å²) >= 11 is 0. The molecule has 0 aliphatic carbocycles. The van der Waals surface area contributed by atoms with Crippen molar-refractivity contribution in [2.45, 2.75) is 24.6 Å². The van der Waals surface area contributed by atoms with Crippen molar-refractivity contribution < 1.29 is 49.8 Å². The van der Waals surface area contributed by atoms with E-state index in [1.54, 1.807) is 0 Å². The molecule has 22 heavy (non-hydrogen) atoms. The average Bonchev–Trinajstić information content (AvgIpc) is 2.30. The number of hydrogen-bond donors (Lipinski definition) is 0. The zero-order valence-electron chi connectivity index (χ0n) is 10.2. The number of esters is 1. The predicted molar refractivity (Wildman–Crippen MR) is 51.0 cm³/mol. The maximum Gasteiger partial charge on any atom is 0.399 e. The Labute approximate surface area is 117 Å². The van der Waals surface area contributed by atoms with Crippen LogP contribution in [-0.4, -0.2) is 23.9 Å². The molecular weight excluding hydrogens is 332 g/mol. The molecule has 0 aliphatic heterocycles. The summed E-state index contributed by atoms with van der Waals surface area (Å²) in [5.41, 5.74) is -6.57. The molecule has 3 nitrogen and oxygen atoms in total. The zero-order valence-corrected chi connectivity index (χ0v) is 10.2. The van der Waals surface area contributed by atoms with Crippen molar-refractivity contribution in [1.29, 1.82) is 0 Å². The Hall–Kier alpha value is -1.91. The lowest BCUT2D eigenvalue weighted by Crippen LogP contribution is -2.71. The molecule has 11 heteroatoms. The minimum Gasteiger partial charge on any atom is -0.828 e. The summed E-state index contributed by atoms with van der Waals surface area (Å²) in [5.74, 6) is -5.57. The van der Waals surface area contributed by atoms with Crippen LogP contribution in [0.2, 0.25) is 0 Å². The third kappa shape index (κ3) is 3.46. The van der Waals surface area contributed by atoms with E-state index in [9.17, 15) is 45.0 Å². The molecule has 1 rings (SSSR count). The van der Waals surface area contributed by atoms with Gasteiger partial charge in [0.05, 0.1) is 0 Å². The minimum absolute atomic E-state index is 0.370. The van der Waals surface area contributed by atoms with Crippen LogP contribution in [0.4, 0.5) is 35.1 Å². The maximum absolute atomic E-state index is 12.8. The molecule has 0 bridgehead atoms. The van der Waals surface area contributed by atoms with Crippen LogP contribution in [0.3, 0.4) is 0 Å². The molecule has 1 aromatic carbocycles. The number of halogens is 8. The van der Waals surface area contributed by atoms with Crippen molar-refractivity contribution >= 4 is 5.97 Å². The van der Waals surface area contributed by atoms with Gasteiger partial charge < -0.3 is 9.84 Å². The lowest BCUT2D eigenvalue weighted by atomic mass is 10.0. The van der Waals surface area contributed by atoms with Gasteiger partial charge in [-0.15, -0.1) is 0 Å². The first-order chi connectivity index (χ1) is 9.79. The normalized spacial score (nSPS) is 13.1. The Kier molecular flexibility index (Phi) is 4.70. The Balaban J connectivity index is 2.99. The van der Waals surface area contributed by atoms with E-state index >= 15 is 0 Å². The van der Waals surface area contributed by atoms with E-state index in [2.05, 4.69) is 4.74 Å². The molecule has 0 amide bonds. The number of alkyl halides is 6. The van der Waals surface area contributed by atoms with E-state index in [1.807, 2.05) is 0 Å². The predicted octanol–water partition coefficient (Wildman–Crippen LogP) is 2.23. The molecule has 124 valence electrons. The van der Waals surface area contributed by atoms with Gasteiger partial charge in [-0.05, 0) is 17.7 Å². The Morgan fingerprint density at radius 2 is 1.36 bits per heavy atom. The molecule has 0 aromatic heterocycles. The summed E-state index contributed by atoms with van der Waals surface area (Å²) in [6.45, 7) is -1.34. The molecule has 0 fully saturated rings. The molecule has 1 aromatic rings. The van der Waals surface area contributed by atoms with E-state index in [0.29, 0.717) is 18.2 Å². The molecule has 0 saturated heterocycles. The molecule has 0 atom stereocenters. The van der Waals surface area contributed by atoms with Crippen molar-refractivity contribution in [2.24, 2.45) is 0 Å². The molecular formula is C11H5F8O3-. The highest BCUT2D eigenvalue weighted by Gasteiger charge is 2.68. The van der Waals surface area contributed by atoms with Gasteiger partial charge in [-0.3, -0.25) is 4.79 Å². The number of rotatable bonds is 3. The minimum atomic E-state index is -6.50. The fourth-order valence-corrected chi connectivity index (χ4v) is 1.34. The van der Waals surface area contributed by atoms with Crippen molar-refractivity contribution in [1.82, 2.24) is 0 Å². The zero-order chi connectivity index (χ0) is 17.3. The standard InChI is InChI=1S/C11H5F8O3/c12-6-1-5(2-7(13)3-6)4-22-8(20)9(21,10(14,15)16)11(17,18)19/h1-3H,4H2/q-1. The number of ether oxygens (including phenoxy) is 1. The van der Waals surface area contributed by atoms with E-state index in [4.69, 9.17) is 0 Å². The maximum atomic E-state index is 12.8. The largest absolute Gasteiger partial charge is 0.828 e. The summed E-state index contributed by atoms with van der Waals surface area (Å²) in [7, 11) is 0. The van der Waals surface area contributed by atoms with E-state index in [0.717, 1.165) is 0 Å². The van der Waals surface area contributed by atoms with Crippen molar-refractivity contribution in [2.75, 3.05) is 0 Å². The van der Waals surface area contributed by atoms with Crippen LogP contribution >= 0.6 is 0 Å². The molecule has 0 saturated carbocycles. The molecule has 0 aliphatic rings. The van der Waals surface area contributed by atoms with Gasteiger partial charge in [-0.25, -0.2) is 8.78 Å². The highest BCUT2D eigenvalue weighted by atomic mass is 19.4. The first-order valence-electron chi connectivity index (χ1n) is 5.25. The van der Waals surface area contributed by atoms with Gasteiger partial charge in [0.1, 0.15) is 18.2 Å². The van der Waals surface area contributed by atoms with Crippen molar-refractivity contribution in [3.8, 4) is 0 Å². The molecule has 0 unspecified atom stereocenters. The third-order valence-corrected chi connectivity index (χ3v) is 2.38. The Bertz CT molecular complexity index is 529. The SMILES string of the molecule is O=C(OCc1cc(F)cc(F)c1)C([O-])(C(F)(F)F)C(F)(F)F. The first-order valence-corrected chi connectivity index (χ1v) is 5.25. The molecule has 0 heterocycles. The van der Waals surface area contributed by atoms with Gasteiger partial charge in [0, 0.05) is 6.07 Å². The van der Waals surface area contributed by atoms with Crippen LogP contribution in [0, 0.1) is 11.6 Å². The lowest BCUT2D eigenvalue weighted by Gasteiger charge is -2.40. The molecule has 0 spiro atoms. The second-order valence-corrected chi connectivity index (χ2v) is 4.03. The summed E-state index contributed by atoms with van der Waals surface area (Å²) in [6, 6.07) is 1.38. The average molecular weight is 337 g/mol. The molecule has 0 N–H and O–H groups in total. The highest BCUT2D eigenvalue weighted by Crippen LogP contribution is 2.41. The summed E-state index contributed by atoms with van der Waals surface area (Å²) in [6.07, 6.45) is -13.0. The van der Waals surface area contributed by atoms with Gasteiger partial charge in [0.15, 0.2) is 5.60 Å². The van der Waals surface area contributed by atoms with Crippen LogP contribution in [0.5, 0.6) is 0 Å². The summed E-state index contributed by atoms with van der Waals surface area (Å²) in [4.78, 5) is 10.9. The van der Waals surface area contributed by atoms with Gasteiger partial charge in [0.2, 0.25) is 0 Å². The fraction of sp³-hybridized carbons (Fsp3) is 0.364. The summed E-state index contributed by atoms with van der Waals surface area (Å²) in [5, 5.41) is 10.9. The van der Waals surface area contributed by atoms with Crippen LogP contribution in [0.1, 0.15) is 5.56 Å². The van der Waals surface area contributed by atoms with Gasteiger partial charge >= 0.3 is 18.3 Å². The molecule has 0 radical (unpaired) electrons. The van der Waals surface area contributed by atoms with E-state index in [1.165, 1.54) is 0 Å². The van der Waals surface area contributed by atoms with Gasteiger partial charge in [0.25, 0.3) is 0 Å². The monoisotopic (exact) mass is 337 g/mol. The first kappa shape index (κ1) is 18.1. The number of benzene rings is 1. The second kappa shape index (κ2) is 5.71. The quantitative estimate of drug-likeness (QED) is 0.628. The second-order valence-electron chi connectivity index (χ2n) is 4.03. The van der Waals surface area contributed by atoms with Crippen LogP contribution in [0.15, 0.2) is 18.2 Å². The Morgan fingerprint density at radius 3 is 1.73 bits per heavy atom. The number of carbonyl (C=O) groups excluding carboxylic acids is 1. The van der Waals surface area contributed by atoms with E-state index < -0.39 is 47.7 Å².